The molecular weight excluding hydrogens is 445 g/mol. The van der Waals surface area contributed by atoms with E-state index in [2.05, 4.69) is 45.7 Å². The van der Waals surface area contributed by atoms with Gasteiger partial charge in [0.05, 0.1) is 5.41 Å². The Balaban J connectivity index is 1.84. The highest BCUT2D eigenvalue weighted by Gasteiger charge is 2.53. The number of halogens is 2. The van der Waals surface area contributed by atoms with Crippen LogP contribution >= 0.6 is 23.2 Å². The second kappa shape index (κ2) is 9.00. The monoisotopic (exact) mass is 483 g/mol. The summed E-state index contributed by atoms with van der Waals surface area (Å²) in [5, 5.41) is 1.36. The van der Waals surface area contributed by atoms with Crippen LogP contribution in [0.1, 0.15) is 70.9 Å². The molecule has 0 radical (unpaired) electrons. The molecule has 1 aromatic rings. The van der Waals surface area contributed by atoms with Crippen LogP contribution in [0.2, 0.25) is 23.1 Å². The van der Waals surface area contributed by atoms with Gasteiger partial charge in [-0.15, -0.1) is 0 Å². The summed E-state index contributed by atoms with van der Waals surface area (Å²) in [6, 6.07) is 3.86. The van der Waals surface area contributed by atoms with Crippen molar-refractivity contribution in [2.45, 2.75) is 92.0 Å². The molecule has 0 N–H and O–H groups in total. The third-order valence-electron chi connectivity index (χ3n) is 7.57. The number of benzene rings is 1. The lowest BCUT2D eigenvalue weighted by Gasteiger charge is -2.50. The van der Waals surface area contributed by atoms with E-state index in [0.29, 0.717) is 27.8 Å². The average molecular weight is 485 g/mol. The van der Waals surface area contributed by atoms with Gasteiger partial charge in [-0.25, -0.2) is 0 Å². The third kappa shape index (κ3) is 5.02. The number of hydrogen-bond donors (Lipinski definition) is 0. The van der Waals surface area contributed by atoms with Gasteiger partial charge in [-0.2, -0.15) is 0 Å². The normalized spacial score (nSPS) is 29.8. The van der Waals surface area contributed by atoms with Gasteiger partial charge in [0.25, 0.3) is 0 Å². The van der Waals surface area contributed by atoms with Crippen molar-refractivity contribution in [3.63, 3.8) is 0 Å². The fourth-order valence-corrected chi connectivity index (χ4v) is 7.22. The van der Waals surface area contributed by atoms with Gasteiger partial charge < -0.3 is 9.33 Å². The maximum atomic E-state index is 13.9. The van der Waals surface area contributed by atoms with Crippen LogP contribution in [-0.2, 0) is 15.6 Å². The zero-order chi connectivity index (χ0) is 23.2. The first-order valence-corrected chi connectivity index (χ1v) is 15.3. The summed E-state index contributed by atoms with van der Waals surface area (Å²) in [5.74, 6) is 0.901. The van der Waals surface area contributed by atoms with Gasteiger partial charge in [0, 0.05) is 16.6 Å². The molecule has 1 unspecified atom stereocenters. The first-order valence-electron chi connectivity index (χ1n) is 11.7. The van der Waals surface area contributed by atoms with Crippen LogP contribution in [0.4, 0.5) is 0 Å². The Bertz CT molecular complexity index is 828. The van der Waals surface area contributed by atoms with Gasteiger partial charge in [0.15, 0.2) is 9.04 Å². The smallest absolute Gasteiger partial charge is 0.231 e. The Hall–Kier alpha value is -0.553. The largest absolute Gasteiger partial charge is 0.398 e. The Morgan fingerprint density at radius 2 is 1.77 bits per heavy atom. The Kier molecular flexibility index (Phi) is 7.28. The standard InChI is InChI=1S/C25H39Cl2NO2Si/c1-17-20(26)9-8-18(21(17)27)16-24(5)14-15-28(22(24)29)25(30-31(6)7)12-10-19(11-13-25)23(2,3)4/h8-9,19,31H,10-16H2,1-7H3/t19-,24?,25+. The first-order chi connectivity index (χ1) is 14.3. The minimum absolute atomic E-state index is 0.222. The molecule has 1 heterocycles. The molecular formula is C25H39Cl2NO2Si. The van der Waals surface area contributed by atoms with E-state index in [0.717, 1.165) is 49.8 Å². The van der Waals surface area contributed by atoms with E-state index < -0.39 is 20.2 Å². The second-order valence-electron chi connectivity index (χ2n) is 11.3. The molecule has 31 heavy (non-hydrogen) atoms. The molecule has 1 saturated heterocycles. The predicted octanol–water partition coefficient (Wildman–Crippen LogP) is 7.02. The molecule has 0 aromatic heterocycles. The summed E-state index contributed by atoms with van der Waals surface area (Å²) < 4.78 is 6.70. The number of hydrogen-bond acceptors (Lipinski definition) is 2. The van der Waals surface area contributed by atoms with Crippen molar-refractivity contribution < 1.29 is 9.22 Å². The summed E-state index contributed by atoms with van der Waals surface area (Å²) >= 11 is 12.8. The molecule has 1 atom stereocenters. The van der Waals surface area contributed by atoms with Crippen molar-refractivity contribution in [3.05, 3.63) is 33.3 Å². The Labute approximate surface area is 200 Å². The van der Waals surface area contributed by atoms with Gasteiger partial charge in [0.1, 0.15) is 5.72 Å². The highest BCUT2D eigenvalue weighted by atomic mass is 35.5. The zero-order valence-electron chi connectivity index (χ0n) is 20.3. The van der Waals surface area contributed by atoms with Crippen LogP contribution in [0.25, 0.3) is 0 Å². The summed E-state index contributed by atoms with van der Waals surface area (Å²) in [6.07, 6.45) is 5.60. The van der Waals surface area contributed by atoms with E-state index >= 15 is 0 Å². The Morgan fingerprint density at radius 1 is 1.16 bits per heavy atom. The molecule has 174 valence electrons. The molecule has 2 aliphatic rings. The van der Waals surface area contributed by atoms with E-state index in [1.54, 1.807) is 0 Å². The summed E-state index contributed by atoms with van der Waals surface area (Å²) in [4.78, 5) is 16.0. The van der Waals surface area contributed by atoms with Gasteiger partial charge in [-0.05, 0) is 87.1 Å². The average Bonchev–Trinajstić information content (AvgIpc) is 2.97. The van der Waals surface area contributed by atoms with Gasteiger partial charge in [0.2, 0.25) is 5.91 Å². The Morgan fingerprint density at radius 3 is 2.32 bits per heavy atom. The molecule has 3 nitrogen and oxygen atoms in total. The van der Waals surface area contributed by atoms with E-state index in [4.69, 9.17) is 27.6 Å². The zero-order valence-corrected chi connectivity index (χ0v) is 22.9. The number of rotatable bonds is 5. The van der Waals surface area contributed by atoms with Crippen LogP contribution in [0.3, 0.4) is 0 Å². The molecule has 1 amide bonds. The SMILES string of the molecule is Cc1c(Cl)ccc(CC2(C)CCN([C@]3(O[SiH](C)C)CC[C@@H](C(C)(C)C)CC3)C2=O)c1Cl. The number of carbonyl (C=O) groups is 1. The van der Waals surface area contributed by atoms with E-state index in [1.807, 2.05) is 19.1 Å². The first kappa shape index (κ1) is 25.1. The van der Waals surface area contributed by atoms with Crippen molar-refractivity contribution in [1.29, 1.82) is 0 Å². The van der Waals surface area contributed by atoms with Gasteiger partial charge >= 0.3 is 0 Å². The molecule has 0 bridgehead atoms. The molecule has 1 saturated carbocycles. The van der Waals surface area contributed by atoms with Crippen LogP contribution in [0.5, 0.6) is 0 Å². The number of likely N-dealkylation sites (tertiary alicyclic amines) is 1. The quantitative estimate of drug-likeness (QED) is 0.421. The van der Waals surface area contributed by atoms with Crippen molar-refractivity contribution in [1.82, 2.24) is 4.90 Å². The fraction of sp³-hybridized carbons (Fsp3) is 0.720. The highest BCUT2D eigenvalue weighted by Crippen LogP contribution is 2.48. The predicted molar refractivity (Wildman–Crippen MR) is 133 cm³/mol. The van der Waals surface area contributed by atoms with Crippen molar-refractivity contribution >= 4 is 38.1 Å². The van der Waals surface area contributed by atoms with Gasteiger partial charge in [-0.3, -0.25) is 4.79 Å². The molecule has 2 fully saturated rings. The third-order valence-corrected chi connectivity index (χ3v) is 9.41. The molecule has 1 aliphatic heterocycles. The molecule has 1 aliphatic carbocycles. The molecule has 0 spiro atoms. The maximum absolute atomic E-state index is 13.9. The van der Waals surface area contributed by atoms with Crippen molar-refractivity contribution in [2.24, 2.45) is 16.7 Å². The lowest BCUT2D eigenvalue weighted by molar-refractivity contribution is -0.163. The molecule has 3 rings (SSSR count). The second-order valence-corrected chi connectivity index (χ2v) is 14.5. The van der Waals surface area contributed by atoms with E-state index in [9.17, 15) is 4.79 Å². The summed E-state index contributed by atoms with van der Waals surface area (Å²) in [5.41, 5.74) is 1.31. The van der Waals surface area contributed by atoms with Crippen LogP contribution in [-0.4, -0.2) is 32.1 Å². The molecule has 6 heteroatoms. The minimum atomic E-state index is -1.32. The minimum Gasteiger partial charge on any atom is -0.398 e. The van der Waals surface area contributed by atoms with Gasteiger partial charge in [-0.1, -0.05) is 57.0 Å². The number of amides is 1. The van der Waals surface area contributed by atoms with Crippen LogP contribution in [0, 0.1) is 23.7 Å². The van der Waals surface area contributed by atoms with E-state index in [-0.39, 0.29) is 5.91 Å². The topological polar surface area (TPSA) is 29.5 Å². The van der Waals surface area contributed by atoms with Crippen molar-refractivity contribution in [3.8, 4) is 0 Å². The molecule has 1 aromatic carbocycles. The maximum Gasteiger partial charge on any atom is 0.231 e. The fourth-order valence-electron chi connectivity index (χ4n) is 5.55. The lowest BCUT2D eigenvalue weighted by atomic mass is 9.70. The highest BCUT2D eigenvalue weighted by molar-refractivity contribution is 6.48. The van der Waals surface area contributed by atoms with Crippen LogP contribution in [0.15, 0.2) is 12.1 Å². The summed E-state index contributed by atoms with van der Waals surface area (Å²) in [7, 11) is -1.32. The number of carbonyl (C=O) groups excluding carboxylic acids is 1. The van der Waals surface area contributed by atoms with Crippen molar-refractivity contribution in [2.75, 3.05) is 6.54 Å². The summed E-state index contributed by atoms with van der Waals surface area (Å²) in [6.45, 7) is 16.2. The van der Waals surface area contributed by atoms with E-state index in [1.165, 1.54) is 0 Å². The lowest BCUT2D eigenvalue weighted by Crippen LogP contribution is -2.57. The van der Waals surface area contributed by atoms with Crippen LogP contribution < -0.4 is 0 Å². The number of nitrogens with zero attached hydrogens (tertiary/aromatic N) is 1.